The number of rotatable bonds is 10. The van der Waals surface area contributed by atoms with Gasteiger partial charge in [0.15, 0.2) is 5.92 Å². The van der Waals surface area contributed by atoms with Crippen LogP contribution < -0.4 is 8.92 Å². The van der Waals surface area contributed by atoms with Crippen LogP contribution in [0.3, 0.4) is 0 Å². The van der Waals surface area contributed by atoms with Crippen molar-refractivity contribution < 1.29 is 36.4 Å². The smallest absolute Gasteiger partial charge is 0.320 e. The Bertz CT molecular complexity index is 951. The largest absolute Gasteiger partial charge is 0.493 e. The molecule has 0 unspecified atom stereocenters. The summed E-state index contributed by atoms with van der Waals surface area (Å²) >= 11 is 0. The summed E-state index contributed by atoms with van der Waals surface area (Å²) in [6, 6.07) is 13.8. The number of carbonyl (C=O) groups excluding carboxylic acids is 2. The van der Waals surface area contributed by atoms with Crippen molar-refractivity contribution in [1.29, 1.82) is 0 Å². The normalized spacial score (nSPS) is 11.1. The van der Waals surface area contributed by atoms with Gasteiger partial charge in [0, 0.05) is 6.42 Å². The molecule has 0 saturated carbocycles. The Labute approximate surface area is 175 Å². The van der Waals surface area contributed by atoms with Crippen molar-refractivity contribution in [2.45, 2.75) is 12.8 Å². The first kappa shape index (κ1) is 23.2. The van der Waals surface area contributed by atoms with Gasteiger partial charge in [-0.05, 0) is 41.8 Å². The van der Waals surface area contributed by atoms with E-state index in [9.17, 15) is 18.0 Å². The molecule has 0 amide bonds. The highest BCUT2D eigenvalue weighted by Crippen LogP contribution is 2.19. The third-order valence-corrected chi connectivity index (χ3v) is 4.64. The third-order valence-electron chi connectivity index (χ3n) is 4.14. The van der Waals surface area contributed by atoms with Gasteiger partial charge in [0.1, 0.15) is 11.5 Å². The zero-order valence-corrected chi connectivity index (χ0v) is 17.8. The molecular weight excluding hydrogens is 412 g/mol. The second-order valence-electron chi connectivity index (χ2n) is 6.48. The van der Waals surface area contributed by atoms with E-state index in [0.717, 1.165) is 17.4 Å². The van der Waals surface area contributed by atoms with E-state index in [-0.39, 0.29) is 12.2 Å². The highest BCUT2D eigenvalue weighted by atomic mass is 32.2. The maximum absolute atomic E-state index is 11.8. The molecule has 0 aromatic heterocycles. The molecule has 30 heavy (non-hydrogen) atoms. The molecule has 0 aliphatic rings. The van der Waals surface area contributed by atoms with E-state index in [4.69, 9.17) is 8.92 Å². The first-order valence-electron chi connectivity index (χ1n) is 9.07. The van der Waals surface area contributed by atoms with Gasteiger partial charge >= 0.3 is 22.1 Å². The Morgan fingerprint density at radius 1 is 0.900 bits per heavy atom. The summed E-state index contributed by atoms with van der Waals surface area (Å²) in [7, 11) is -1.13. The van der Waals surface area contributed by atoms with Crippen molar-refractivity contribution in [3.8, 4) is 11.5 Å². The average Bonchev–Trinajstić information content (AvgIpc) is 2.71. The quantitative estimate of drug-likeness (QED) is 0.317. The molecule has 9 heteroatoms. The van der Waals surface area contributed by atoms with E-state index in [1.807, 2.05) is 6.07 Å². The van der Waals surface area contributed by atoms with Crippen LogP contribution in [0.25, 0.3) is 0 Å². The van der Waals surface area contributed by atoms with Crippen molar-refractivity contribution >= 4 is 22.1 Å². The number of hydrogen-bond donors (Lipinski definition) is 0. The predicted molar refractivity (Wildman–Crippen MR) is 109 cm³/mol. The van der Waals surface area contributed by atoms with Crippen molar-refractivity contribution in [2.24, 2.45) is 5.92 Å². The summed E-state index contributed by atoms with van der Waals surface area (Å²) in [5.74, 6) is -1.44. The molecule has 2 aromatic rings. The minimum atomic E-state index is -3.57. The second-order valence-corrected chi connectivity index (χ2v) is 8.06. The molecule has 0 aliphatic carbocycles. The number of hydrogen-bond acceptors (Lipinski definition) is 8. The van der Waals surface area contributed by atoms with Crippen LogP contribution in [0.15, 0.2) is 48.5 Å². The molecule has 0 fully saturated rings. The summed E-state index contributed by atoms with van der Waals surface area (Å²) < 4.78 is 42.3. The zero-order valence-electron chi connectivity index (χ0n) is 17.0. The maximum atomic E-state index is 11.8. The van der Waals surface area contributed by atoms with Crippen LogP contribution in [0.1, 0.15) is 11.1 Å². The molecule has 2 rings (SSSR count). The van der Waals surface area contributed by atoms with Gasteiger partial charge in [-0.25, -0.2) is 0 Å². The van der Waals surface area contributed by atoms with Gasteiger partial charge in [0.25, 0.3) is 0 Å². The second kappa shape index (κ2) is 10.6. The van der Waals surface area contributed by atoms with Gasteiger partial charge < -0.3 is 18.4 Å². The highest BCUT2D eigenvalue weighted by molar-refractivity contribution is 7.86. The molecule has 0 atom stereocenters. The summed E-state index contributed by atoms with van der Waals surface area (Å²) in [6.45, 7) is 0.370. The van der Waals surface area contributed by atoms with Crippen LogP contribution >= 0.6 is 0 Å². The van der Waals surface area contributed by atoms with Crippen LogP contribution in [0, 0.1) is 5.92 Å². The van der Waals surface area contributed by atoms with Crippen LogP contribution in [0.2, 0.25) is 0 Å². The van der Waals surface area contributed by atoms with Crippen molar-refractivity contribution in [2.75, 3.05) is 27.1 Å². The van der Waals surface area contributed by atoms with Gasteiger partial charge in [0.05, 0.1) is 27.1 Å². The van der Waals surface area contributed by atoms with E-state index >= 15 is 0 Å². The Balaban J connectivity index is 1.91. The van der Waals surface area contributed by atoms with E-state index in [2.05, 4.69) is 9.47 Å². The highest BCUT2D eigenvalue weighted by Gasteiger charge is 2.28. The first-order valence-corrected chi connectivity index (χ1v) is 10.9. The number of benzene rings is 2. The Morgan fingerprint density at radius 2 is 1.53 bits per heavy atom. The lowest BCUT2D eigenvalue weighted by atomic mass is 9.99. The third kappa shape index (κ3) is 7.40. The van der Waals surface area contributed by atoms with Gasteiger partial charge in [-0.15, -0.1) is 0 Å². The fourth-order valence-corrected chi connectivity index (χ4v) is 3.17. The molecule has 0 N–H and O–H groups in total. The van der Waals surface area contributed by atoms with Gasteiger partial charge in [-0.1, -0.05) is 24.3 Å². The summed E-state index contributed by atoms with van der Waals surface area (Å²) in [5, 5.41) is 0. The summed E-state index contributed by atoms with van der Waals surface area (Å²) in [6.07, 6.45) is 1.70. The molecule has 162 valence electrons. The fourth-order valence-electron chi connectivity index (χ4n) is 2.72. The van der Waals surface area contributed by atoms with Gasteiger partial charge in [-0.2, -0.15) is 8.42 Å². The van der Waals surface area contributed by atoms with Gasteiger partial charge in [-0.3, -0.25) is 9.59 Å². The molecule has 8 nitrogen and oxygen atoms in total. The minimum Gasteiger partial charge on any atom is -0.493 e. The lowest BCUT2D eigenvalue weighted by Crippen LogP contribution is -2.28. The summed E-state index contributed by atoms with van der Waals surface area (Å²) in [5.41, 5.74) is 1.63. The summed E-state index contributed by atoms with van der Waals surface area (Å²) in [4.78, 5) is 23.5. The van der Waals surface area contributed by atoms with E-state index in [1.165, 1.54) is 14.2 Å². The van der Waals surface area contributed by atoms with Crippen molar-refractivity contribution in [3.05, 3.63) is 59.7 Å². The lowest BCUT2D eigenvalue weighted by molar-refractivity contribution is -0.158. The van der Waals surface area contributed by atoms with Crippen LogP contribution in [-0.2, 0) is 42.0 Å². The first-order chi connectivity index (χ1) is 14.2. The monoisotopic (exact) mass is 436 g/mol. The van der Waals surface area contributed by atoms with Crippen molar-refractivity contribution in [1.82, 2.24) is 0 Å². The Kier molecular flexibility index (Phi) is 8.23. The lowest BCUT2D eigenvalue weighted by Gasteiger charge is -2.13. The van der Waals surface area contributed by atoms with E-state index < -0.39 is 28.0 Å². The number of carbonyl (C=O) groups is 2. The molecular formula is C21H24O8S. The van der Waals surface area contributed by atoms with Crippen molar-refractivity contribution in [3.63, 3.8) is 0 Å². The fraction of sp³-hybridized carbons (Fsp3) is 0.333. The number of esters is 2. The van der Waals surface area contributed by atoms with Crippen LogP contribution in [0.4, 0.5) is 0 Å². The molecule has 0 heterocycles. The maximum Gasteiger partial charge on any atom is 0.320 e. The van der Waals surface area contributed by atoms with Crippen LogP contribution in [-0.4, -0.2) is 47.4 Å². The molecule has 0 radical (unpaired) electrons. The van der Waals surface area contributed by atoms with Crippen LogP contribution in [0.5, 0.6) is 11.5 Å². The molecule has 0 aliphatic heterocycles. The SMILES string of the molecule is COC(=O)C(Cc1ccc(OCCc2cccc(OS(C)(=O)=O)c2)cc1)C(=O)OC. The number of ether oxygens (including phenoxy) is 3. The van der Waals surface area contributed by atoms with Gasteiger partial charge in [0.2, 0.25) is 0 Å². The standard InChI is InChI=1S/C21H24O8S/c1-26-20(22)19(21(23)27-2)14-16-7-9-17(10-8-16)28-12-11-15-5-4-6-18(13-15)29-30(3,24)25/h4-10,13,19H,11-12,14H2,1-3H3. The molecule has 0 bridgehead atoms. The average molecular weight is 436 g/mol. The van der Waals surface area contributed by atoms with E-state index in [0.29, 0.717) is 18.8 Å². The topological polar surface area (TPSA) is 105 Å². The van der Waals surface area contributed by atoms with E-state index in [1.54, 1.807) is 42.5 Å². The Morgan fingerprint density at radius 3 is 2.10 bits per heavy atom. The Hall–Kier alpha value is -3.07. The number of methoxy groups -OCH3 is 2. The molecule has 0 saturated heterocycles. The zero-order chi connectivity index (χ0) is 22.1. The molecule has 0 spiro atoms. The minimum absolute atomic E-state index is 0.159. The molecule has 2 aromatic carbocycles. The predicted octanol–water partition coefficient (Wildman–Crippen LogP) is 2.15.